The van der Waals surface area contributed by atoms with Crippen LogP contribution in [0.2, 0.25) is 0 Å². The first-order valence-corrected chi connectivity index (χ1v) is 9.38. The van der Waals surface area contributed by atoms with Gasteiger partial charge in [0.25, 0.3) is 0 Å². The van der Waals surface area contributed by atoms with E-state index in [9.17, 15) is 0 Å². The third-order valence-electron chi connectivity index (χ3n) is 5.46. The van der Waals surface area contributed by atoms with Crippen molar-refractivity contribution < 1.29 is 9.47 Å². The van der Waals surface area contributed by atoms with E-state index >= 15 is 0 Å². The number of aryl methyl sites for hydroxylation is 1. The Hall–Kier alpha value is -2.52. The number of aromatic nitrogens is 4. The van der Waals surface area contributed by atoms with Crippen LogP contribution in [0.4, 0.5) is 17.7 Å². The van der Waals surface area contributed by atoms with Gasteiger partial charge in [-0.25, -0.2) is 15.0 Å². The molecule has 0 radical (unpaired) electrons. The molecule has 2 fully saturated rings. The number of morpholine rings is 2. The van der Waals surface area contributed by atoms with Gasteiger partial charge in [0.15, 0.2) is 0 Å². The summed E-state index contributed by atoms with van der Waals surface area (Å²) in [7, 11) is 0. The van der Waals surface area contributed by atoms with E-state index in [1.807, 2.05) is 6.92 Å². The van der Waals surface area contributed by atoms with Crippen LogP contribution in [0.1, 0.15) is 11.3 Å². The minimum absolute atomic E-state index is 0.279. The molecular weight excluding hydrogens is 346 g/mol. The maximum atomic E-state index is 5.76. The van der Waals surface area contributed by atoms with Crippen molar-refractivity contribution in [2.75, 3.05) is 61.6 Å². The predicted octanol–water partition coefficient (Wildman–Crippen LogP) is 0.422. The van der Waals surface area contributed by atoms with Gasteiger partial charge in [-0.1, -0.05) is 0 Å². The molecule has 9 nitrogen and oxygen atoms in total. The number of nitrogen functional groups attached to an aromatic ring is 1. The van der Waals surface area contributed by atoms with E-state index in [0.717, 1.165) is 73.5 Å². The summed E-state index contributed by atoms with van der Waals surface area (Å²) in [6, 6.07) is 0.316. The van der Waals surface area contributed by atoms with Gasteiger partial charge in [0, 0.05) is 43.4 Å². The zero-order valence-corrected chi connectivity index (χ0v) is 15.4. The largest absolute Gasteiger partial charge is 0.378 e. The highest BCUT2D eigenvalue weighted by Gasteiger charge is 2.37. The minimum Gasteiger partial charge on any atom is -0.378 e. The molecule has 142 valence electrons. The number of anilines is 3. The van der Waals surface area contributed by atoms with Crippen LogP contribution in [0.5, 0.6) is 0 Å². The van der Waals surface area contributed by atoms with Gasteiger partial charge in [-0.3, -0.25) is 0 Å². The fourth-order valence-corrected chi connectivity index (χ4v) is 4.07. The molecule has 5 heterocycles. The molecule has 0 aromatic carbocycles. The summed E-state index contributed by atoms with van der Waals surface area (Å²) in [6.07, 6.45) is 2.65. The van der Waals surface area contributed by atoms with Gasteiger partial charge < -0.3 is 25.0 Å². The smallest absolute Gasteiger partial charge is 0.228 e. The summed E-state index contributed by atoms with van der Waals surface area (Å²) in [4.78, 5) is 23.0. The first-order chi connectivity index (χ1) is 13.2. The van der Waals surface area contributed by atoms with Gasteiger partial charge in [0.1, 0.15) is 5.82 Å². The monoisotopic (exact) mass is 369 g/mol. The van der Waals surface area contributed by atoms with Crippen LogP contribution in [0.3, 0.4) is 0 Å². The highest BCUT2D eigenvalue weighted by Crippen LogP contribution is 2.39. The number of hydrogen-bond donors (Lipinski definition) is 1. The molecule has 3 aliphatic rings. The Morgan fingerprint density at radius 1 is 1.07 bits per heavy atom. The molecule has 1 unspecified atom stereocenters. The highest BCUT2D eigenvalue weighted by atomic mass is 16.5. The maximum absolute atomic E-state index is 5.76. The summed E-state index contributed by atoms with van der Waals surface area (Å²) >= 11 is 0. The maximum Gasteiger partial charge on any atom is 0.228 e. The van der Waals surface area contributed by atoms with Crippen molar-refractivity contribution >= 4 is 17.7 Å². The molecule has 27 heavy (non-hydrogen) atoms. The van der Waals surface area contributed by atoms with E-state index in [-0.39, 0.29) is 5.95 Å². The summed E-state index contributed by atoms with van der Waals surface area (Å²) in [6.45, 7) is 7.23. The van der Waals surface area contributed by atoms with Crippen molar-refractivity contribution in [3.05, 3.63) is 17.5 Å². The van der Waals surface area contributed by atoms with E-state index in [1.54, 1.807) is 6.20 Å². The lowest BCUT2D eigenvalue weighted by Crippen LogP contribution is -2.43. The standard InChI is InChI=1S/C18H23N7O2/c1-11-14(9-20-17(19)21-11)15-13-8-12-10-27-7-4-25(12)16(13)23-18(22-15)24-2-5-26-6-3-24/h9,12H,2-8,10H2,1H3,(H2,19,20,21). The lowest BCUT2D eigenvalue weighted by atomic mass is 10.0. The molecule has 2 saturated heterocycles. The molecule has 9 heteroatoms. The van der Waals surface area contributed by atoms with Crippen LogP contribution in [0.25, 0.3) is 11.3 Å². The Morgan fingerprint density at radius 2 is 1.89 bits per heavy atom. The van der Waals surface area contributed by atoms with Gasteiger partial charge in [0.05, 0.1) is 43.9 Å². The normalized spacial score (nSPS) is 21.9. The number of nitrogens with zero attached hydrogens (tertiary/aromatic N) is 6. The lowest BCUT2D eigenvalue weighted by molar-refractivity contribution is 0.0974. The van der Waals surface area contributed by atoms with Gasteiger partial charge in [-0.2, -0.15) is 4.98 Å². The Morgan fingerprint density at radius 3 is 2.70 bits per heavy atom. The van der Waals surface area contributed by atoms with Crippen molar-refractivity contribution in [1.82, 2.24) is 19.9 Å². The minimum atomic E-state index is 0.279. The Kier molecular flexibility index (Phi) is 4.05. The Balaban J connectivity index is 1.65. The molecule has 0 saturated carbocycles. The number of nitrogens with two attached hydrogens (primary N) is 1. The summed E-state index contributed by atoms with van der Waals surface area (Å²) < 4.78 is 11.2. The number of rotatable bonds is 2. The van der Waals surface area contributed by atoms with Crippen LogP contribution in [0.15, 0.2) is 6.20 Å². The van der Waals surface area contributed by atoms with Crippen LogP contribution in [-0.4, -0.2) is 72.0 Å². The number of fused-ring (bicyclic) bond motifs is 3. The van der Waals surface area contributed by atoms with E-state index in [1.165, 1.54) is 0 Å². The molecule has 1 atom stereocenters. The fourth-order valence-electron chi connectivity index (χ4n) is 4.07. The third kappa shape index (κ3) is 2.87. The van der Waals surface area contributed by atoms with Crippen molar-refractivity contribution in [2.45, 2.75) is 19.4 Å². The first kappa shape index (κ1) is 16.6. The number of ether oxygens (including phenoxy) is 2. The fraction of sp³-hybridized carbons (Fsp3) is 0.556. The van der Waals surface area contributed by atoms with E-state index in [2.05, 4.69) is 19.8 Å². The van der Waals surface area contributed by atoms with Gasteiger partial charge in [-0.05, 0) is 6.92 Å². The van der Waals surface area contributed by atoms with Crippen LogP contribution in [0, 0.1) is 6.92 Å². The summed E-state index contributed by atoms with van der Waals surface area (Å²) in [5.74, 6) is 2.04. The molecule has 5 rings (SSSR count). The second kappa shape index (κ2) is 6.58. The predicted molar refractivity (Wildman–Crippen MR) is 101 cm³/mol. The molecule has 0 amide bonds. The zero-order valence-electron chi connectivity index (χ0n) is 15.4. The highest BCUT2D eigenvalue weighted by molar-refractivity contribution is 5.74. The average Bonchev–Trinajstić information content (AvgIpc) is 3.07. The Bertz CT molecular complexity index is 869. The Labute approximate surface area is 157 Å². The summed E-state index contributed by atoms with van der Waals surface area (Å²) in [5, 5.41) is 0. The van der Waals surface area contributed by atoms with Crippen molar-refractivity contribution in [3.8, 4) is 11.3 Å². The molecular formula is C18H23N7O2. The quantitative estimate of drug-likeness (QED) is 0.807. The molecule has 2 N–H and O–H groups in total. The molecule has 2 aromatic rings. The van der Waals surface area contributed by atoms with Crippen LogP contribution >= 0.6 is 0 Å². The molecule has 0 aliphatic carbocycles. The SMILES string of the molecule is Cc1nc(N)ncc1-c1nc(N2CCOCC2)nc2c1CC1COCCN21. The lowest BCUT2D eigenvalue weighted by Gasteiger charge is -2.32. The second-order valence-corrected chi connectivity index (χ2v) is 7.13. The van der Waals surface area contributed by atoms with Crippen LogP contribution < -0.4 is 15.5 Å². The van der Waals surface area contributed by atoms with Crippen LogP contribution in [-0.2, 0) is 15.9 Å². The van der Waals surface area contributed by atoms with Crippen molar-refractivity contribution in [2.24, 2.45) is 0 Å². The zero-order chi connectivity index (χ0) is 18.4. The second-order valence-electron chi connectivity index (χ2n) is 7.13. The van der Waals surface area contributed by atoms with E-state index < -0.39 is 0 Å². The number of hydrogen-bond acceptors (Lipinski definition) is 9. The first-order valence-electron chi connectivity index (χ1n) is 9.38. The molecule has 2 aromatic heterocycles. The molecule has 0 spiro atoms. The van der Waals surface area contributed by atoms with Crippen molar-refractivity contribution in [1.29, 1.82) is 0 Å². The van der Waals surface area contributed by atoms with Crippen molar-refractivity contribution in [3.63, 3.8) is 0 Å². The average molecular weight is 369 g/mol. The topological polar surface area (TPSA) is 103 Å². The molecule has 0 bridgehead atoms. The van der Waals surface area contributed by atoms with Gasteiger partial charge in [0.2, 0.25) is 11.9 Å². The molecule has 3 aliphatic heterocycles. The van der Waals surface area contributed by atoms with Gasteiger partial charge in [-0.15, -0.1) is 0 Å². The van der Waals surface area contributed by atoms with Gasteiger partial charge >= 0.3 is 0 Å². The van der Waals surface area contributed by atoms with E-state index in [0.29, 0.717) is 19.3 Å². The summed E-state index contributed by atoms with van der Waals surface area (Å²) in [5.41, 5.74) is 9.57. The third-order valence-corrected chi connectivity index (χ3v) is 5.46. The van der Waals surface area contributed by atoms with E-state index in [4.69, 9.17) is 25.2 Å².